The van der Waals surface area contributed by atoms with Gasteiger partial charge in [-0.05, 0) is 72.5 Å². The van der Waals surface area contributed by atoms with Crippen LogP contribution in [0.25, 0.3) is 0 Å². The van der Waals surface area contributed by atoms with Gasteiger partial charge in [0.25, 0.3) is 0 Å². The van der Waals surface area contributed by atoms with Gasteiger partial charge in [0.15, 0.2) is 12.1 Å². The van der Waals surface area contributed by atoms with E-state index in [0.717, 1.165) is 5.56 Å². The molecule has 2 N–H and O–H groups in total. The number of carbonyl (C=O) groups excluding carboxylic acids is 3. The van der Waals surface area contributed by atoms with Crippen molar-refractivity contribution in [3.05, 3.63) is 35.9 Å². The number of aliphatic hydroxyl groups is 2. The summed E-state index contributed by atoms with van der Waals surface area (Å²) in [5, 5.41) is 28.4. The highest BCUT2D eigenvalue weighted by atomic mass is 16.7. The van der Waals surface area contributed by atoms with Gasteiger partial charge in [-0.2, -0.15) is 0 Å². The number of hydrogen-bond donors (Lipinski definition) is 2. The third kappa shape index (κ3) is 10.6. The summed E-state index contributed by atoms with van der Waals surface area (Å²) in [6.45, 7) is 15.0. The predicted octanol–water partition coefficient (Wildman–Crippen LogP) is 4.12. The number of esters is 1. The molecular weight excluding hydrogens is 710 g/mol. The first-order valence-electron chi connectivity index (χ1n) is 19.5. The molecule has 55 heavy (non-hydrogen) atoms. The topological polar surface area (TPSA) is 175 Å². The molecule has 1 aromatic rings. The summed E-state index contributed by atoms with van der Waals surface area (Å²) in [5.74, 6) is -5.21. The minimum atomic E-state index is -1.83. The number of carbonyl (C=O) groups is 3. The first kappa shape index (κ1) is 44.6. The van der Waals surface area contributed by atoms with Gasteiger partial charge in [-0.15, -0.1) is 0 Å². The molecule has 3 aliphatic rings. The van der Waals surface area contributed by atoms with Crippen molar-refractivity contribution in [2.45, 2.75) is 142 Å². The van der Waals surface area contributed by atoms with E-state index >= 15 is 0 Å². The molecular formula is C41H63N3O11. The Balaban J connectivity index is 1.94. The lowest BCUT2D eigenvalue weighted by molar-refractivity contribution is -0.296. The number of amides is 1. The number of oxime groups is 1. The maximum Gasteiger partial charge on any atom is 0.316 e. The van der Waals surface area contributed by atoms with Crippen LogP contribution in [0.5, 0.6) is 0 Å². The van der Waals surface area contributed by atoms with Crippen LogP contribution >= 0.6 is 0 Å². The minimum Gasteiger partial charge on any atom is -0.459 e. The summed E-state index contributed by atoms with van der Waals surface area (Å²) >= 11 is 0. The lowest BCUT2D eigenvalue weighted by Gasteiger charge is -2.47. The Kier molecular flexibility index (Phi) is 15.3. The highest BCUT2D eigenvalue weighted by Gasteiger charge is 2.53. The third-order valence-electron chi connectivity index (χ3n) is 11.4. The molecule has 3 aliphatic heterocycles. The highest BCUT2D eigenvalue weighted by Crippen LogP contribution is 2.40. The van der Waals surface area contributed by atoms with Crippen LogP contribution in [0.3, 0.4) is 0 Å². The number of ketones is 1. The van der Waals surface area contributed by atoms with Gasteiger partial charge >= 0.3 is 5.97 Å². The molecule has 1 amide bonds. The van der Waals surface area contributed by atoms with Gasteiger partial charge in [-0.1, -0.05) is 63.2 Å². The molecule has 13 atom stereocenters. The lowest BCUT2D eigenvalue weighted by Crippen LogP contribution is -2.60. The molecule has 3 heterocycles. The number of ether oxygens (including phenoxy) is 5. The first-order chi connectivity index (χ1) is 25.8. The second-order valence-electron chi connectivity index (χ2n) is 16.3. The second kappa shape index (κ2) is 18.9. The molecule has 0 aliphatic carbocycles. The number of cyclic esters (lactones) is 1. The molecule has 2 bridgehead atoms. The molecule has 3 saturated heterocycles. The zero-order valence-corrected chi connectivity index (χ0v) is 34.4. The van der Waals surface area contributed by atoms with Gasteiger partial charge in [0.1, 0.15) is 36.0 Å². The molecule has 0 saturated carbocycles. The average molecular weight is 774 g/mol. The molecule has 0 aromatic heterocycles. The van der Waals surface area contributed by atoms with Crippen LogP contribution in [0.4, 0.5) is 0 Å². The van der Waals surface area contributed by atoms with Crippen molar-refractivity contribution in [2.75, 3.05) is 27.3 Å². The van der Waals surface area contributed by atoms with Crippen LogP contribution in [0.1, 0.15) is 87.1 Å². The van der Waals surface area contributed by atoms with E-state index in [1.54, 1.807) is 20.8 Å². The smallest absolute Gasteiger partial charge is 0.316 e. The zero-order chi connectivity index (χ0) is 40.8. The monoisotopic (exact) mass is 773 g/mol. The molecule has 14 heteroatoms. The van der Waals surface area contributed by atoms with E-state index in [1.165, 1.54) is 20.8 Å². The quantitative estimate of drug-likeness (QED) is 0.231. The summed E-state index contributed by atoms with van der Waals surface area (Å²) in [4.78, 5) is 53.2. The first-order valence-corrected chi connectivity index (χ1v) is 19.5. The fraction of sp³-hybridized carbons (Fsp3) is 0.732. The van der Waals surface area contributed by atoms with E-state index in [1.807, 2.05) is 70.1 Å². The number of aliphatic hydroxyl groups excluding tert-OH is 1. The van der Waals surface area contributed by atoms with Gasteiger partial charge in [0, 0.05) is 30.5 Å². The van der Waals surface area contributed by atoms with Crippen molar-refractivity contribution in [2.24, 2.45) is 33.8 Å². The van der Waals surface area contributed by atoms with Crippen molar-refractivity contribution in [3.8, 4) is 0 Å². The Morgan fingerprint density at radius 2 is 1.71 bits per heavy atom. The fourth-order valence-electron chi connectivity index (χ4n) is 8.38. The number of aliphatic imine (C=N–C) groups is 1. The molecule has 0 unspecified atom stereocenters. The Hall–Kier alpha value is -3.11. The fourth-order valence-corrected chi connectivity index (χ4v) is 8.38. The number of rotatable bonds is 7. The van der Waals surface area contributed by atoms with Crippen molar-refractivity contribution >= 4 is 29.1 Å². The van der Waals surface area contributed by atoms with E-state index < -0.39 is 83.2 Å². The largest absolute Gasteiger partial charge is 0.459 e. The standard InChI is InChI=1S/C41H63N3O11/c1-12-32-41(9,49)37-25(4)33(42-28(7)45)23(2)19-40(8,51-22-30(21-50-37)43-52-20-29-16-14-13-15-17-29)36(26(5)34(46)27(6)38(48)54-32)55-39-35(47)31(44(10)11)18-24(3)53-39/h13-17,23-27,31-32,35-37,39,47,49H,12,18-22H2,1-11H3/b42-33?,43-30+/t23-,24-,25+,26+,27-,31+,32-,35-,36-,37-,39+,40-,41-/m1/s1. The van der Waals surface area contributed by atoms with E-state index in [9.17, 15) is 24.6 Å². The molecule has 0 spiro atoms. The number of benzene rings is 1. The molecule has 1 aromatic carbocycles. The van der Waals surface area contributed by atoms with E-state index in [2.05, 4.69) is 10.1 Å². The number of likely N-dealkylation sites (N-methyl/N-ethyl adjacent to an activating group) is 1. The maximum atomic E-state index is 14.4. The van der Waals surface area contributed by atoms with Crippen LogP contribution in [-0.4, -0.2) is 126 Å². The Morgan fingerprint density at radius 1 is 1.04 bits per heavy atom. The summed E-state index contributed by atoms with van der Waals surface area (Å²) < 4.78 is 32.3. The van der Waals surface area contributed by atoms with E-state index in [4.69, 9.17) is 28.5 Å². The van der Waals surface area contributed by atoms with Gasteiger partial charge in [0.05, 0.1) is 37.1 Å². The summed E-state index contributed by atoms with van der Waals surface area (Å²) in [6.07, 6.45) is -4.95. The molecule has 3 fully saturated rings. The van der Waals surface area contributed by atoms with E-state index in [0.29, 0.717) is 17.8 Å². The normalized spacial score (nSPS) is 39.9. The Bertz CT molecular complexity index is 1530. The van der Waals surface area contributed by atoms with Gasteiger partial charge in [-0.25, -0.2) is 4.99 Å². The van der Waals surface area contributed by atoms with Crippen molar-refractivity contribution in [1.82, 2.24) is 4.90 Å². The Labute approximate surface area is 325 Å². The summed E-state index contributed by atoms with van der Waals surface area (Å²) in [6, 6.07) is 9.21. The van der Waals surface area contributed by atoms with Crippen LogP contribution in [0.2, 0.25) is 0 Å². The summed E-state index contributed by atoms with van der Waals surface area (Å²) in [7, 11) is 3.74. The van der Waals surface area contributed by atoms with Crippen LogP contribution in [0, 0.1) is 23.7 Å². The predicted molar refractivity (Wildman–Crippen MR) is 205 cm³/mol. The Morgan fingerprint density at radius 3 is 2.33 bits per heavy atom. The number of nitrogens with zero attached hydrogens (tertiary/aromatic N) is 3. The second-order valence-corrected chi connectivity index (χ2v) is 16.3. The van der Waals surface area contributed by atoms with Crippen LogP contribution in [0.15, 0.2) is 40.5 Å². The van der Waals surface area contributed by atoms with Crippen molar-refractivity contribution in [3.63, 3.8) is 0 Å². The lowest BCUT2D eigenvalue weighted by atomic mass is 9.73. The number of Topliss-reactive ketones (excluding diaryl/α,β-unsaturated/α-hetero) is 1. The number of fused-ring (bicyclic) bond motifs is 5. The van der Waals surface area contributed by atoms with Gasteiger partial charge < -0.3 is 43.6 Å². The minimum absolute atomic E-state index is 0.145. The number of hydrogen-bond acceptors (Lipinski definition) is 13. The molecule has 14 nitrogen and oxygen atoms in total. The third-order valence-corrected chi connectivity index (χ3v) is 11.4. The SMILES string of the molecule is CC[C@H]1OC(=O)[C@H](C)C(=O)[C@H](C)[C@@H](O[C@@H]2O[C@H](C)C[C@H](N(C)C)[C@H]2O)[C@@]2(C)C[C@@H](C)C(=NC(C)=O)[C@H](C)[C@@H](OC/C(=N\OCc3ccccc3)CO2)[C@]1(C)O. The highest BCUT2D eigenvalue weighted by molar-refractivity contribution is 6.00. The molecule has 308 valence electrons. The van der Waals surface area contributed by atoms with E-state index in [-0.39, 0.29) is 44.8 Å². The zero-order valence-electron chi connectivity index (χ0n) is 34.4. The van der Waals surface area contributed by atoms with Gasteiger partial charge in [0.2, 0.25) is 5.91 Å². The molecule has 0 radical (unpaired) electrons. The summed E-state index contributed by atoms with van der Waals surface area (Å²) in [5.41, 5.74) is -1.55. The van der Waals surface area contributed by atoms with Crippen LogP contribution < -0.4 is 0 Å². The van der Waals surface area contributed by atoms with Crippen molar-refractivity contribution < 1.29 is 53.1 Å². The molecule has 4 rings (SSSR count). The van der Waals surface area contributed by atoms with Gasteiger partial charge in [-0.3, -0.25) is 14.4 Å². The average Bonchev–Trinajstić information content (AvgIpc) is 3.14. The maximum absolute atomic E-state index is 14.4. The van der Waals surface area contributed by atoms with Crippen LogP contribution in [-0.2, 0) is 49.5 Å². The van der Waals surface area contributed by atoms with Crippen molar-refractivity contribution in [1.29, 1.82) is 0 Å².